The van der Waals surface area contributed by atoms with E-state index in [4.69, 9.17) is 11.6 Å². The number of hydrogen-bond donors (Lipinski definition) is 1. The molecular formula is C16H26ClN3O. The molecule has 0 saturated heterocycles. The van der Waals surface area contributed by atoms with Crippen molar-refractivity contribution < 1.29 is 4.79 Å². The maximum Gasteiger partial charge on any atom is 0.251 e. The van der Waals surface area contributed by atoms with E-state index in [0.717, 1.165) is 18.7 Å². The predicted octanol–water partition coefficient (Wildman–Crippen LogP) is 3.32. The van der Waals surface area contributed by atoms with E-state index in [-0.39, 0.29) is 11.8 Å². The Morgan fingerprint density at radius 1 is 1.38 bits per heavy atom. The molecule has 0 radical (unpaired) electrons. The summed E-state index contributed by atoms with van der Waals surface area (Å²) < 4.78 is 0. The Morgan fingerprint density at radius 3 is 2.62 bits per heavy atom. The normalized spacial score (nSPS) is 12.8. The number of carbonyl (C=O) groups excluding carboxylic acids is 1. The predicted molar refractivity (Wildman–Crippen MR) is 88.1 cm³/mol. The lowest BCUT2D eigenvalue weighted by Gasteiger charge is -2.23. The van der Waals surface area contributed by atoms with Crippen molar-refractivity contribution in [3.8, 4) is 0 Å². The number of amides is 1. The third kappa shape index (κ3) is 5.64. The summed E-state index contributed by atoms with van der Waals surface area (Å²) in [6, 6.07) is 3.94. The van der Waals surface area contributed by atoms with Gasteiger partial charge < -0.3 is 10.2 Å². The van der Waals surface area contributed by atoms with Gasteiger partial charge in [-0.25, -0.2) is 4.98 Å². The lowest BCUT2D eigenvalue weighted by atomic mass is 10.1. The molecule has 0 aliphatic carbocycles. The van der Waals surface area contributed by atoms with E-state index >= 15 is 0 Å². The van der Waals surface area contributed by atoms with Gasteiger partial charge >= 0.3 is 0 Å². The van der Waals surface area contributed by atoms with Crippen molar-refractivity contribution >= 4 is 17.5 Å². The molecule has 1 aromatic rings. The molecule has 0 aliphatic heterocycles. The van der Waals surface area contributed by atoms with Crippen LogP contribution >= 0.6 is 11.6 Å². The number of likely N-dealkylation sites (N-methyl/N-ethyl adjacent to an activating group) is 1. The number of pyridine rings is 1. The fourth-order valence-corrected chi connectivity index (χ4v) is 2.14. The third-order valence-corrected chi connectivity index (χ3v) is 3.95. The highest BCUT2D eigenvalue weighted by Crippen LogP contribution is 2.17. The Kier molecular flexibility index (Phi) is 7.12. The van der Waals surface area contributed by atoms with Crippen LogP contribution in [0.5, 0.6) is 0 Å². The zero-order valence-corrected chi connectivity index (χ0v) is 14.4. The molecule has 1 heterocycles. The fraction of sp³-hybridized carbons (Fsp3) is 0.625. The standard InChI is InChI=1S/C16H26ClN3O/c1-6-12(4)20(5)8-7-18-16(21)13-9-14(11(2)3)19-15(17)10-13/h9-12H,6-8H2,1-5H3,(H,18,21). The van der Waals surface area contributed by atoms with Gasteiger partial charge in [0.2, 0.25) is 0 Å². The molecule has 0 aromatic carbocycles. The van der Waals surface area contributed by atoms with E-state index in [1.54, 1.807) is 6.07 Å². The van der Waals surface area contributed by atoms with Gasteiger partial charge in [0.25, 0.3) is 5.91 Å². The number of nitrogens with one attached hydrogen (secondary N) is 1. The fourth-order valence-electron chi connectivity index (χ4n) is 1.92. The van der Waals surface area contributed by atoms with Crippen molar-refractivity contribution in [2.75, 3.05) is 20.1 Å². The highest BCUT2D eigenvalue weighted by molar-refractivity contribution is 6.29. The molecule has 0 aliphatic rings. The van der Waals surface area contributed by atoms with Crippen molar-refractivity contribution in [1.29, 1.82) is 0 Å². The molecule has 118 valence electrons. The van der Waals surface area contributed by atoms with Crippen LogP contribution in [-0.4, -0.2) is 42.0 Å². The number of halogens is 1. The molecule has 0 saturated carbocycles. The van der Waals surface area contributed by atoms with Gasteiger partial charge in [0.05, 0.1) is 0 Å². The smallest absolute Gasteiger partial charge is 0.251 e. The summed E-state index contributed by atoms with van der Waals surface area (Å²) in [5.41, 5.74) is 1.41. The quantitative estimate of drug-likeness (QED) is 0.786. The second-order valence-electron chi connectivity index (χ2n) is 5.75. The van der Waals surface area contributed by atoms with Gasteiger partial charge in [-0.05, 0) is 38.4 Å². The van der Waals surface area contributed by atoms with Crippen LogP contribution in [0.1, 0.15) is 56.1 Å². The Balaban J connectivity index is 2.60. The molecule has 0 bridgehead atoms. The second-order valence-corrected chi connectivity index (χ2v) is 6.14. The van der Waals surface area contributed by atoms with E-state index in [0.29, 0.717) is 23.3 Å². The SMILES string of the molecule is CCC(C)N(C)CCNC(=O)c1cc(Cl)nc(C(C)C)c1. The summed E-state index contributed by atoms with van der Waals surface area (Å²) in [5, 5.41) is 3.30. The highest BCUT2D eigenvalue weighted by atomic mass is 35.5. The first-order chi connectivity index (χ1) is 9.85. The van der Waals surface area contributed by atoms with Crippen LogP contribution < -0.4 is 5.32 Å². The average molecular weight is 312 g/mol. The Labute approximate surface area is 132 Å². The van der Waals surface area contributed by atoms with Crippen LogP contribution in [0, 0.1) is 0 Å². The third-order valence-electron chi connectivity index (χ3n) is 3.76. The maximum atomic E-state index is 12.2. The average Bonchev–Trinajstić information content (AvgIpc) is 2.45. The summed E-state index contributed by atoms with van der Waals surface area (Å²) in [6.45, 7) is 9.85. The lowest BCUT2D eigenvalue weighted by Crippen LogP contribution is -2.37. The molecule has 1 atom stereocenters. The zero-order valence-electron chi connectivity index (χ0n) is 13.6. The summed E-state index contributed by atoms with van der Waals surface area (Å²) in [4.78, 5) is 18.6. The first-order valence-corrected chi connectivity index (χ1v) is 7.88. The molecule has 1 aromatic heterocycles. The van der Waals surface area contributed by atoms with E-state index in [1.165, 1.54) is 0 Å². The van der Waals surface area contributed by atoms with Crippen LogP contribution in [0.25, 0.3) is 0 Å². The van der Waals surface area contributed by atoms with Crippen molar-refractivity contribution in [3.63, 3.8) is 0 Å². The number of nitrogens with zero attached hydrogens (tertiary/aromatic N) is 2. The maximum absolute atomic E-state index is 12.2. The van der Waals surface area contributed by atoms with Gasteiger partial charge in [-0.15, -0.1) is 0 Å². The van der Waals surface area contributed by atoms with Gasteiger partial charge in [-0.2, -0.15) is 0 Å². The number of hydrogen-bond acceptors (Lipinski definition) is 3. The van der Waals surface area contributed by atoms with Crippen molar-refractivity contribution in [2.24, 2.45) is 0 Å². The van der Waals surface area contributed by atoms with Crippen molar-refractivity contribution in [3.05, 3.63) is 28.5 Å². The van der Waals surface area contributed by atoms with Crippen molar-refractivity contribution in [2.45, 2.75) is 46.1 Å². The number of rotatable bonds is 7. The molecular weight excluding hydrogens is 286 g/mol. The van der Waals surface area contributed by atoms with Gasteiger partial charge in [0, 0.05) is 30.4 Å². The zero-order chi connectivity index (χ0) is 16.0. The second kappa shape index (κ2) is 8.35. The van der Waals surface area contributed by atoms with Crippen LogP contribution in [0.4, 0.5) is 0 Å². The lowest BCUT2D eigenvalue weighted by molar-refractivity contribution is 0.0947. The van der Waals surface area contributed by atoms with Crippen LogP contribution in [0.15, 0.2) is 12.1 Å². The molecule has 1 rings (SSSR count). The summed E-state index contributed by atoms with van der Waals surface area (Å²) in [5.74, 6) is 0.144. The largest absolute Gasteiger partial charge is 0.351 e. The minimum absolute atomic E-state index is 0.0984. The molecule has 0 fully saturated rings. The molecule has 1 unspecified atom stereocenters. The summed E-state index contributed by atoms with van der Waals surface area (Å²) >= 11 is 5.98. The Morgan fingerprint density at radius 2 is 2.05 bits per heavy atom. The van der Waals surface area contributed by atoms with Gasteiger partial charge in [0.1, 0.15) is 5.15 Å². The molecule has 4 nitrogen and oxygen atoms in total. The number of aromatic nitrogens is 1. The monoisotopic (exact) mass is 311 g/mol. The van der Waals surface area contributed by atoms with E-state index < -0.39 is 0 Å². The van der Waals surface area contributed by atoms with E-state index in [2.05, 4.69) is 36.1 Å². The molecule has 21 heavy (non-hydrogen) atoms. The first kappa shape index (κ1) is 17.9. The molecule has 1 N–H and O–H groups in total. The molecule has 0 spiro atoms. The Hall–Kier alpha value is -1.13. The summed E-state index contributed by atoms with van der Waals surface area (Å²) in [6.07, 6.45) is 1.10. The van der Waals surface area contributed by atoms with E-state index in [9.17, 15) is 4.79 Å². The first-order valence-electron chi connectivity index (χ1n) is 7.51. The van der Waals surface area contributed by atoms with Crippen LogP contribution in [0.2, 0.25) is 5.15 Å². The number of carbonyl (C=O) groups is 1. The van der Waals surface area contributed by atoms with Crippen LogP contribution in [-0.2, 0) is 0 Å². The topological polar surface area (TPSA) is 45.2 Å². The minimum Gasteiger partial charge on any atom is -0.351 e. The Bertz CT molecular complexity index is 477. The van der Waals surface area contributed by atoms with Gasteiger partial charge in [-0.1, -0.05) is 32.4 Å². The van der Waals surface area contributed by atoms with Gasteiger partial charge in [0.15, 0.2) is 0 Å². The van der Waals surface area contributed by atoms with Crippen molar-refractivity contribution in [1.82, 2.24) is 15.2 Å². The summed E-state index contributed by atoms with van der Waals surface area (Å²) in [7, 11) is 2.07. The highest BCUT2D eigenvalue weighted by Gasteiger charge is 2.12. The van der Waals surface area contributed by atoms with Gasteiger partial charge in [-0.3, -0.25) is 4.79 Å². The molecule has 5 heteroatoms. The molecule has 1 amide bonds. The van der Waals surface area contributed by atoms with Crippen LogP contribution in [0.3, 0.4) is 0 Å². The minimum atomic E-state index is -0.0984. The van der Waals surface area contributed by atoms with E-state index in [1.807, 2.05) is 19.9 Å².